The van der Waals surface area contributed by atoms with E-state index in [0.717, 1.165) is 63.4 Å². The number of aromatic nitrogens is 1. The molecule has 0 amide bonds. The van der Waals surface area contributed by atoms with Crippen LogP contribution in [-0.2, 0) is 10.0 Å². The Hall–Kier alpha value is -4.20. The van der Waals surface area contributed by atoms with E-state index in [1.165, 1.54) is 26.4 Å². The van der Waals surface area contributed by atoms with Crippen LogP contribution in [0, 0.1) is 11.6 Å². The molecule has 1 saturated heterocycles. The maximum Gasteiger partial charge on any atom is 0.262 e. The van der Waals surface area contributed by atoms with Crippen molar-refractivity contribution in [3.8, 4) is 28.7 Å². The molecule has 0 bridgehead atoms. The number of halogens is 2. The number of methoxy groups -OCH3 is 2. The molecule has 0 aliphatic carbocycles. The second-order valence-corrected chi connectivity index (χ2v) is 12.0. The molecule has 3 aromatic carbocycles. The first-order valence-corrected chi connectivity index (χ1v) is 15.5. The van der Waals surface area contributed by atoms with Crippen molar-refractivity contribution in [2.75, 3.05) is 65.3 Å². The zero-order valence-electron chi connectivity index (χ0n) is 24.7. The molecule has 0 radical (unpaired) electrons. The van der Waals surface area contributed by atoms with Crippen LogP contribution >= 0.6 is 0 Å². The number of ether oxygens (including phenoxy) is 4. The van der Waals surface area contributed by atoms with E-state index in [1.54, 1.807) is 24.4 Å². The minimum atomic E-state index is -4.15. The number of hydrogen-bond donors (Lipinski definition) is 1. The molecule has 1 aliphatic rings. The van der Waals surface area contributed by atoms with E-state index in [2.05, 4.69) is 26.6 Å². The smallest absolute Gasteiger partial charge is 0.262 e. The molecule has 1 aliphatic heterocycles. The number of pyridine rings is 1. The van der Waals surface area contributed by atoms with E-state index in [9.17, 15) is 12.8 Å². The number of anilines is 1. The van der Waals surface area contributed by atoms with Crippen molar-refractivity contribution >= 4 is 26.6 Å². The summed E-state index contributed by atoms with van der Waals surface area (Å²) in [6.07, 6.45) is 2.41. The summed E-state index contributed by atoms with van der Waals surface area (Å²) in [5.41, 5.74) is 0.519. The van der Waals surface area contributed by atoms with Crippen molar-refractivity contribution < 1.29 is 36.1 Å². The highest BCUT2D eigenvalue weighted by atomic mass is 32.2. The zero-order valence-corrected chi connectivity index (χ0v) is 25.5. The van der Waals surface area contributed by atoms with E-state index in [0.29, 0.717) is 34.8 Å². The summed E-state index contributed by atoms with van der Waals surface area (Å²) < 4.78 is 79.1. The summed E-state index contributed by atoms with van der Waals surface area (Å²) in [4.78, 5) is 8.92. The van der Waals surface area contributed by atoms with Gasteiger partial charge in [0.2, 0.25) is 0 Å². The van der Waals surface area contributed by atoms with Crippen LogP contribution in [-0.4, -0.2) is 83.8 Å². The Balaban J connectivity index is 1.28. The Kier molecular flexibility index (Phi) is 9.67. The third kappa shape index (κ3) is 7.29. The van der Waals surface area contributed by atoms with Crippen LogP contribution in [0.15, 0.2) is 65.7 Å². The van der Waals surface area contributed by atoms with Crippen LogP contribution in [0.2, 0.25) is 0 Å². The Labute approximate surface area is 255 Å². The molecule has 1 fully saturated rings. The first-order valence-electron chi connectivity index (χ1n) is 14.0. The number of fused-ring (bicyclic) bond motifs is 1. The minimum absolute atomic E-state index is 0.0474. The summed E-state index contributed by atoms with van der Waals surface area (Å²) >= 11 is 0. The number of benzene rings is 3. The average molecular weight is 629 g/mol. The summed E-state index contributed by atoms with van der Waals surface area (Å²) in [5.74, 6) is -0.529. The number of rotatable bonds is 12. The van der Waals surface area contributed by atoms with Crippen LogP contribution in [0.25, 0.3) is 10.9 Å². The van der Waals surface area contributed by atoms with Crippen molar-refractivity contribution in [1.82, 2.24) is 14.8 Å². The predicted molar refractivity (Wildman–Crippen MR) is 163 cm³/mol. The number of piperazine rings is 1. The Morgan fingerprint density at radius 3 is 2.34 bits per heavy atom. The molecular weight excluding hydrogens is 594 g/mol. The number of nitrogens with one attached hydrogen (secondary N) is 1. The molecule has 2 heterocycles. The Morgan fingerprint density at radius 1 is 0.841 bits per heavy atom. The molecule has 44 heavy (non-hydrogen) atoms. The Bertz CT molecular complexity index is 1730. The highest BCUT2D eigenvalue weighted by Crippen LogP contribution is 2.38. The van der Waals surface area contributed by atoms with Crippen LogP contribution in [0.1, 0.15) is 6.42 Å². The molecule has 1 aromatic heterocycles. The van der Waals surface area contributed by atoms with Gasteiger partial charge >= 0.3 is 0 Å². The molecule has 0 spiro atoms. The summed E-state index contributed by atoms with van der Waals surface area (Å²) in [7, 11) is 0.744. The highest BCUT2D eigenvalue weighted by Gasteiger charge is 2.19. The molecule has 5 rings (SSSR count). The standard InChI is InChI=1S/C31H34F2N4O6S/c1-36-12-14-37(15-13-36)11-4-16-42-31-20-26-23(19-30(31)41-3)27(9-10-34-26)43-28-8-5-21(17-25(28)33)35-44(38,39)22-6-7-24(32)29(18-22)40-2/h5-10,17-20,35H,4,11-16H2,1-3H3. The zero-order chi connectivity index (χ0) is 31.3. The van der Waals surface area contributed by atoms with Gasteiger partial charge in [-0.3, -0.25) is 9.71 Å². The van der Waals surface area contributed by atoms with Crippen molar-refractivity contribution in [2.45, 2.75) is 11.3 Å². The maximum atomic E-state index is 15.1. The van der Waals surface area contributed by atoms with Gasteiger partial charge in [0.05, 0.1) is 36.9 Å². The lowest BCUT2D eigenvalue weighted by Crippen LogP contribution is -2.44. The maximum absolute atomic E-state index is 15.1. The van der Waals surface area contributed by atoms with E-state index in [4.69, 9.17) is 18.9 Å². The van der Waals surface area contributed by atoms with Crippen LogP contribution in [0.5, 0.6) is 28.7 Å². The SMILES string of the molecule is COc1cc(S(=O)(=O)Nc2ccc(Oc3ccnc4cc(OCCCN5CCN(C)CC5)c(OC)cc34)c(F)c2)ccc1F. The molecule has 10 nitrogen and oxygen atoms in total. The van der Waals surface area contributed by atoms with Gasteiger partial charge < -0.3 is 28.7 Å². The van der Waals surface area contributed by atoms with Gasteiger partial charge in [-0.15, -0.1) is 0 Å². The summed E-state index contributed by atoms with van der Waals surface area (Å²) in [6, 6.07) is 11.8. The highest BCUT2D eigenvalue weighted by molar-refractivity contribution is 7.92. The molecular formula is C31H34F2N4O6S. The second-order valence-electron chi connectivity index (χ2n) is 10.3. The van der Waals surface area contributed by atoms with Gasteiger partial charge in [-0.2, -0.15) is 0 Å². The van der Waals surface area contributed by atoms with Gasteiger partial charge in [-0.05, 0) is 49.9 Å². The third-order valence-electron chi connectivity index (χ3n) is 7.30. The lowest BCUT2D eigenvalue weighted by Gasteiger charge is -2.32. The minimum Gasteiger partial charge on any atom is -0.494 e. The number of sulfonamides is 1. The molecule has 0 unspecified atom stereocenters. The summed E-state index contributed by atoms with van der Waals surface area (Å²) in [5, 5.41) is 0.573. The van der Waals surface area contributed by atoms with Crippen molar-refractivity contribution in [2.24, 2.45) is 0 Å². The van der Waals surface area contributed by atoms with Crippen molar-refractivity contribution in [3.05, 3.63) is 72.4 Å². The van der Waals surface area contributed by atoms with Crippen LogP contribution in [0.3, 0.4) is 0 Å². The van der Waals surface area contributed by atoms with E-state index >= 15 is 4.39 Å². The average Bonchev–Trinajstić information content (AvgIpc) is 3.01. The molecule has 13 heteroatoms. The number of likely N-dealkylation sites (N-methyl/N-ethyl adjacent to an activating group) is 1. The quantitative estimate of drug-likeness (QED) is 0.214. The normalized spacial score (nSPS) is 14.4. The fourth-order valence-corrected chi connectivity index (χ4v) is 5.88. The predicted octanol–water partition coefficient (Wildman–Crippen LogP) is 5.14. The fourth-order valence-electron chi connectivity index (χ4n) is 4.82. The van der Waals surface area contributed by atoms with Gasteiger partial charge in [0, 0.05) is 62.5 Å². The molecule has 234 valence electrons. The molecule has 4 aromatic rings. The first-order chi connectivity index (χ1) is 21.2. The van der Waals surface area contributed by atoms with Crippen molar-refractivity contribution in [3.63, 3.8) is 0 Å². The lowest BCUT2D eigenvalue weighted by atomic mass is 10.1. The Morgan fingerprint density at radius 2 is 1.61 bits per heavy atom. The van der Waals surface area contributed by atoms with E-state index in [-0.39, 0.29) is 22.1 Å². The van der Waals surface area contributed by atoms with Gasteiger partial charge in [0.1, 0.15) is 5.75 Å². The van der Waals surface area contributed by atoms with Crippen LogP contribution in [0.4, 0.5) is 14.5 Å². The lowest BCUT2D eigenvalue weighted by molar-refractivity contribution is 0.145. The van der Waals surface area contributed by atoms with E-state index in [1.807, 2.05) is 0 Å². The number of hydrogen-bond acceptors (Lipinski definition) is 9. The van der Waals surface area contributed by atoms with Gasteiger partial charge in [0.15, 0.2) is 34.6 Å². The molecule has 0 atom stereocenters. The van der Waals surface area contributed by atoms with E-state index < -0.39 is 21.7 Å². The number of nitrogens with zero attached hydrogens (tertiary/aromatic N) is 3. The fraction of sp³-hybridized carbons (Fsp3) is 0.323. The van der Waals surface area contributed by atoms with Gasteiger partial charge in [0.25, 0.3) is 10.0 Å². The molecule has 1 N–H and O–H groups in total. The van der Waals surface area contributed by atoms with Crippen LogP contribution < -0.4 is 23.7 Å². The largest absolute Gasteiger partial charge is 0.494 e. The first kappa shape index (κ1) is 31.2. The van der Waals surface area contributed by atoms with Crippen molar-refractivity contribution in [1.29, 1.82) is 0 Å². The second kappa shape index (κ2) is 13.6. The van der Waals surface area contributed by atoms with Gasteiger partial charge in [-0.25, -0.2) is 17.2 Å². The third-order valence-corrected chi connectivity index (χ3v) is 8.67. The monoisotopic (exact) mass is 628 g/mol. The van der Waals surface area contributed by atoms with Gasteiger partial charge in [-0.1, -0.05) is 0 Å². The molecule has 0 saturated carbocycles. The summed E-state index contributed by atoms with van der Waals surface area (Å²) in [6.45, 7) is 5.69. The topological polar surface area (TPSA) is 102 Å².